The molecule has 0 heterocycles. The largest absolute Gasteiger partial charge is 0.0840 e. The van der Waals surface area contributed by atoms with Crippen molar-refractivity contribution in [1.82, 2.24) is 0 Å². The molecular weight excluding hydrogens is 180 g/mol. The van der Waals surface area contributed by atoms with Crippen LogP contribution in [0, 0.1) is 11.8 Å². The van der Waals surface area contributed by atoms with Gasteiger partial charge in [-0.1, -0.05) is 56.9 Å². The zero-order valence-corrected chi connectivity index (χ0v) is 10.6. The zero-order chi connectivity index (χ0) is 11.1. The number of allylic oxidation sites excluding steroid dienone is 4. The van der Waals surface area contributed by atoms with Crippen molar-refractivity contribution < 1.29 is 0 Å². The standard InChI is InChI=1S/C15H26/c1-4-7-15-9-6-8-13(3)10-11-14(5-2)12-15/h6,8,10,14-15H,4-5,7,9,11-12H2,1-3H3. The zero-order valence-electron chi connectivity index (χ0n) is 10.6. The third-order valence-electron chi connectivity index (χ3n) is 3.56. The predicted octanol–water partition coefficient (Wildman–Crippen LogP) is 5.12. The van der Waals surface area contributed by atoms with Crippen LogP contribution in [0.4, 0.5) is 0 Å². The SMILES string of the molecule is CCCC1CC=CC(C)=CCC(CC)C1. The molecule has 0 fully saturated rings. The summed E-state index contributed by atoms with van der Waals surface area (Å²) in [6, 6.07) is 0. The van der Waals surface area contributed by atoms with Crippen LogP contribution < -0.4 is 0 Å². The number of hydrogen-bond donors (Lipinski definition) is 0. The molecule has 1 aliphatic carbocycles. The molecule has 15 heavy (non-hydrogen) atoms. The molecule has 0 N–H and O–H groups in total. The van der Waals surface area contributed by atoms with Crippen LogP contribution in [0.25, 0.3) is 0 Å². The maximum absolute atomic E-state index is 2.42. The Morgan fingerprint density at radius 3 is 2.67 bits per heavy atom. The maximum atomic E-state index is 2.42. The molecule has 0 aromatic heterocycles. The molecule has 1 aliphatic rings. The van der Waals surface area contributed by atoms with Crippen LogP contribution in [0.15, 0.2) is 23.8 Å². The molecule has 2 atom stereocenters. The highest BCUT2D eigenvalue weighted by Crippen LogP contribution is 2.27. The quantitative estimate of drug-likeness (QED) is 0.601. The third-order valence-corrected chi connectivity index (χ3v) is 3.56. The molecule has 0 aromatic carbocycles. The molecule has 0 spiro atoms. The predicted molar refractivity (Wildman–Crippen MR) is 68.9 cm³/mol. The first-order valence-electron chi connectivity index (χ1n) is 6.59. The van der Waals surface area contributed by atoms with Crippen LogP contribution in [-0.4, -0.2) is 0 Å². The first-order chi connectivity index (χ1) is 7.26. The van der Waals surface area contributed by atoms with Gasteiger partial charge in [0.05, 0.1) is 0 Å². The van der Waals surface area contributed by atoms with Crippen molar-refractivity contribution in [2.45, 2.75) is 59.3 Å². The molecule has 0 aromatic rings. The minimum Gasteiger partial charge on any atom is -0.0840 e. The highest BCUT2D eigenvalue weighted by Gasteiger charge is 2.13. The van der Waals surface area contributed by atoms with E-state index in [1.165, 1.54) is 44.1 Å². The Labute approximate surface area is 95.5 Å². The Morgan fingerprint density at radius 1 is 1.20 bits per heavy atom. The van der Waals surface area contributed by atoms with Gasteiger partial charge in [-0.2, -0.15) is 0 Å². The minimum atomic E-state index is 0.913. The second-order valence-corrected chi connectivity index (χ2v) is 4.99. The van der Waals surface area contributed by atoms with E-state index in [9.17, 15) is 0 Å². The van der Waals surface area contributed by atoms with Gasteiger partial charge in [-0.3, -0.25) is 0 Å². The fourth-order valence-electron chi connectivity index (χ4n) is 2.51. The van der Waals surface area contributed by atoms with E-state index in [2.05, 4.69) is 39.0 Å². The van der Waals surface area contributed by atoms with E-state index in [1.54, 1.807) is 0 Å². The molecule has 0 bridgehead atoms. The summed E-state index contributed by atoms with van der Waals surface area (Å²) < 4.78 is 0. The summed E-state index contributed by atoms with van der Waals surface area (Å²) in [5.74, 6) is 1.84. The van der Waals surface area contributed by atoms with Gasteiger partial charge in [0.1, 0.15) is 0 Å². The average Bonchev–Trinajstić information content (AvgIpc) is 2.31. The lowest BCUT2D eigenvalue weighted by molar-refractivity contribution is 0.346. The van der Waals surface area contributed by atoms with Crippen molar-refractivity contribution in [3.8, 4) is 0 Å². The Kier molecular flexibility index (Phi) is 5.75. The smallest absolute Gasteiger partial charge is 0.0316 e. The Hall–Kier alpha value is -0.520. The molecule has 0 nitrogen and oxygen atoms in total. The van der Waals surface area contributed by atoms with Gasteiger partial charge in [0.2, 0.25) is 0 Å². The summed E-state index contributed by atoms with van der Waals surface area (Å²) in [6.07, 6.45) is 15.2. The summed E-state index contributed by atoms with van der Waals surface area (Å²) in [6.45, 7) is 6.87. The van der Waals surface area contributed by atoms with E-state index >= 15 is 0 Å². The van der Waals surface area contributed by atoms with Gasteiger partial charge in [-0.25, -0.2) is 0 Å². The minimum absolute atomic E-state index is 0.913. The summed E-state index contributed by atoms with van der Waals surface area (Å²) in [5, 5.41) is 0. The molecular formula is C15H26. The number of hydrogen-bond acceptors (Lipinski definition) is 0. The maximum Gasteiger partial charge on any atom is -0.0316 e. The Bertz CT molecular complexity index is 222. The highest BCUT2D eigenvalue weighted by atomic mass is 14.2. The van der Waals surface area contributed by atoms with Gasteiger partial charge in [-0.15, -0.1) is 0 Å². The molecule has 1 rings (SSSR count). The lowest BCUT2D eigenvalue weighted by Crippen LogP contribution is -2.07. The van der Waals surface area contributed by atoms with Gasteiger partial charge in [0, 0.05) is 0 Å². The molecule has 0 saturated heterocycles. The average molecular weight is 206 g/mol. The topological polar surface area (TPSA) is 0 Å². The normalized spacial score (nSPS) is 27.8. The third kappa shape index (κ3) is 4.68. The highest BCUT2D eigenvalue weighted by molar-refractivity contribution is 5.16. The van der Waals surface area contributed by atoms with Crippen LogP contribution in [-0.2, 0) is 0 Å². The van der Waals surface area contributed by atoms with Crippen molar-refractivity contribution in [3.05, 3.63) is 23.8 Å². The fourth-order valence-corrected chi connectivity index (χ4v) is 2.51. The van der Waals surface area contributed by atoms with E-state index in [4.69, 9.17) is 0 Å². The summed E-state index contributed by atoms with van der Waals surface area (Å²) >= 11 is 0. The van der Waals surface area contributed by atoms with E-state index in [0.29, 0.717) is 0 Å². The van der Waals surface area contributed by atoms with Crippen LogP contribution in [0.2, 0.25) is 0 Å². The van der Waals surface area contributed by atoms with Crippen molar-refractivity contribution in [1.29, 1.82) is 0 Å². The van der Waals surface area contributed by atoms with Crippen molar-refractivity contribution in [2.75, 3.05) is 0 Å². The van der Waals surface area contributed by atoms with E-state index in [0.717, 1.165) is 11.8 Å². The van der Waals surface area contributed by atoms with Gasteiger partial charge in [0.15, 0.2) is 0 Å². The van der Waals surface area contributed by atoms with Gasteiger partial charge in [0.25, 0.3) is 0 Å². The molecule has 0 amide bonds. The van der Waals surface area contributed by atoms with Gasteiger partial charge < -0.3 is 0 Å². The second kappa shape index (κ2) is 6.87. The van der Waals surface area contributed by atoms with Crippen LogP contribution in [0.1, 0.15) is 59.3 Å². The van der Waals surface area contributed by atoms with Crippen molar-refractivity contribution >= 4 is 0 Å². The lowest BCUT2D eigenvalue weighted by atomic mass is 9.86. The summed E-state index contributed by atoms with van der Waals surface area (Å²) in [4.78, 5) is 0. The first-order valence-corrected chi connectivity index (χ1v) is 6.59. The van der Waals surface area contributed by atoms with Gasteiger partial charge >= 0.3 is 0 Å². The summed E-state index contributed by atoms with van der Waals surface area (Å²) in [5.41, 5.74) is 1.45. The monoisotopic (exact) mass is 206 g/mol. The Morgan fingerprint density at radius 2 is 2.00 bits per heavy atom. The van der Waals surface area contributed by atoms with E-state index in [-0.39, 0.29) is 0 Å². The van der Waals surface area contributed by atoms with Gasteiger partial charge in [-0.05, 0) is 38.0 Å². The molecule has 0 radical (unpaired) electrons. The van der Waals surface area contributed by atoms with E-state index in [1.807, 2.05) is 0 Å². The first kappa shape index (κ1) is 12.5. The molecule has 86 valence electrons. The van der Waals surface area contributed by atoms with Crippen molar-refractivity contribution in [3.63, 3.8) is 0 Å². The molecule has 0 heteroatoms. The lowest BCUT2D eigenvalue weighted by Gasteiger charge is -2.20. The molecule has 2 unspecified atom stereocenters. The summed E-state index contributed by atoms with van der Waals surface area (Å²) in [7, 11) is 0. The molecule has 0 aliphatic heterocycles. The van der Waals surface area contributed by atoms with Crippen LogP contribution >= 0.6 is 0 Å². The second-order valence-electron chi connectivity index (χ2n) is 4.99. The van der Waals surface area contributed by atoms with E-state index < -0.39 is 0 Å². The molecule has 0 saturated carbocycles. The van der Waals surface area contributed by atoms with Crippen LogP contribution in [0.3, 0.4) is 0 Å². The number of rotatable bonds is 3. The fraction of sp³-hybridized carbons (Fsp3) is 0.733. The van der Waals surface area contributed by atoms with Crippen molar-refractivity contribution in [2.24, 2.45) is 11.8 Å². The Balaban J connectivity index is 2.61. The van der Waals surface area contributed by atoms with Crippen LogP contribution in [0.5, 0.6) is 0 Å².